The average molecular weight is 330 g/mol. The molecule has 0 aromatic heterocycles. The Morgan fingerprint density at radius 2 is 1.04 bits per heavy atom. The van der Waals surface area contributed by atoms with Crippen molar-refractivity contribution in [2.24, 2.45) is 0 Å². The molecule has 2 aromatic rings. The average Bonchev–Trinajstić information content (AvgIpc) is 2.46. The van der Waals surface area contributed by atoms with E-state index >= 15 is 0 Å². The molecule has 0 amide bonds. The zero-order chi connectivity index (χ0) is 17.4. The number of sulfone groups is 1. The van der Waals surface area contributed by atoms with Gasteiger partial charge in [0.15, 0.2) is 0 Å². The lowest BCUT2D eigenvalue weighted by Crippen LogP contribution is -2.10. The zero-order valence-electron chi connectivity index (χ0n) is 14.8. The zero-order valence-corrected chi connectivity index (χ0v) is 15.7. The molecule has 0 atom stereocenters. The highest BCUT2D eigenvalue weighted by atomic mass is 32.2. The van der Waals surface area contributed by atoms with Crippen molar-refractivity contribution in [3.8, 4) is 0 Å². The fraction of sp³-hybridized carbons (Fsp3) is 0.400. The Bertz CT molecular complexity index is 752. The molecule has 2 nitrogen and oxygen atoms in total. The van der Waals surface area contributed by atoms with Gasteiger partial charge < -0.3 is 0 Å². The molecule has 124 valence electrons. The molecule has 0 bridgehead atoms. The molecule has 2 aromatic carbocycles. The summed E-state index contributed by atoms with van der Waals surface area (Å²) < 4.78 is 26.6. The van der Waals surface area contributed by atoms with E-state index in [2.05, 4.69) is 0 Å². The van der Waals surface area contributed by atoms with Crippen molar-refractivity contribution in [1.82, 2.24) is 0 Å². The summed E-state index contributed by atoms with van der Waals surface area (Å²) in [5.41, 5.74) is 3.95. The first kappa shape index (κ1) is 17.7. The van der Waals surface area contributed by atoms with E-state index in [4.69, 9.17) is 0 Å². The molecule has 0 saturated heterocycles. The summed E-state index contributed by atoms with van der Waals surface area (Å²) in [6.45, 7) is 12.1. The van der Waals surface area contributed by atoms with Crippen molar-refractivity contribution in [2.45, 2.75) is 63.2 Å². The minimum Gasteiger partial charge on any atom is -0.218 e. The van der Waals surface area contributed by atoms with Gasteiger partial charge in [-0.3, -0.25) is 0 Å². The first-order valence-corrected chi connectivity index (χ1v) is 9.59. The van der Waals surface area contributed by atoms with E-state index in [0.717, 1.165) is 22.3 Å². The topological polar surface area (TPSA) is 34.1 Å². The molecule has 3 heteroatoms. The monoisotopic (exact) mass is 330 g/mol. The van der Waals surface area contributed by atoms with Crippen LogP contribution >= 0.6 is 0 Å². The van der Waals surface area contributed by atoms with Crippen LogP contribution in [0.5, 0.6) is 0 Å². The van der Waals surface area contributed by atoms with E-state index < -0.39 is 9.84 Å². The van der Waals surface area contributed by atoms with Gasteiger partial charge in [-0.15, -0.1) is 0 Å². The smallest absolute Gasteiger partial charge is 0.207 e. The van der Waals surface area contributed by atoms with Crippen molar-refractivity contribution in [3.05, 3.63) is 58.7 Å². The Balaban J connectivity index is 2.74. The van der Waals surface area contributed by atoms with Crippen molar-refractivity contribution in [2.75, 3.05) is 0 Å². The van der Waals surface area contributed by atoms with Crippen LogP contribution in [0.1, 0.15) is 61.8 Å². The standard InChI is InChI=1S/C20H26O2S/c1-13(2)17-11-15(5)7-9-19(17)23(21,22)20-10-8-16(6)12-18(20)14(3)4/h7-14H,1-6H3. The molecule has 0 saturated carbocycles. The molecule has 0 unspecified atom stereocenters. The van der Waals surface area contributed by atoms with Crippen molar-refractivity contribution < 1.29 is 8.42 Å². The molecule has 0 aliphatic carbocycles. The van der Waals surface area contributed by atoms with Crippen LogP contribution in [-0.2, 0) is 9.84 Å². The third-order valence-corrected chi connectivity index (χ3v) is 6.06. The second-order valence-corrected chi connectivity index (χ2v) is 8.78. The summed E-state index contributed by atoms with van der Waals surface area (Å²) in [4.78, 5) is 0.868. The molecule has 0 heterocycles. The Hall–Kier alpha value is -1.61. The summed E-state index contributed by atoms with van der Waals surface area (Å²) in [6.07, 6.45) is 0. The van der Waals surface area contributed by atoms with Crippen LogP contribution in [0.2, 0.25) is 0 Å². The van der Waals surface area contributed by atoms with Crippen LogP contribution in [0.3, 0.4) is 0 Å². The number of rotatable bonds is 4. The van der Waals surface area contributed by atoms with E-state index in [1.54, 1.807) is 12.1 Å². The van der Waals surface area contributed by atoms with Crippen LogP contribution in [0.15, 0.2) is 46.2 Å². The maximum atomic E-state index is 13.3. The Kier molecular flexibility index (Phi) is 5.00. The van der Waals surface area contributed by atoms with Gasteiger partial charge in [0, 0.05) is 0 Å². The summed E-state index contributed by atoms with van der Waals surface area (Å²) in [5.74, 6) is 0.320. The highest BCUT2D eigenvalue weighted by Gasteiger charge is 2.26. The highest BCUT2D eigenvalue weighted by Crippen LogP contribution is 2.33. The Labute approximate surface area is 140 Å². The van der Waals surface area contributed by atoms with Gasteiger partial charge >= 0.3 is 0 Å². The maximum absolute atomic E-state index is 13.3. The molecule has 0 N–H and O–H groups in total. The second kappa shape index (κ2) is 6.48. The van der Waals surface area contributed by atoms with Crippen molar-refractivity contribution in [3.63, 3.8) is 0 Å². The van der Waals surface area contributed by atoms with E-state index in [0.29, 0.717) is 9.79 Å². The summed E-state index contributed by atoms with van der Waals surface area (Å²) in [6, 6.07) is 11.2. The summed E-state index contributed by atoms with van der Waals surface area (Å²) in [5, 5.41) is 0. The van der Waals surface area contributed by atoms with E-state index in [-0.39, 0.29) is 11.8 Å². The van der Waals surface area contributed by atoms with Gasteiger partial charge in [0.2, 0.25) is 9.84 Å². The minimum atomic E-state index is -3.52. The fourth-order valence-electron chi connectivity index (χ4n) is 2.85. The van der Waals surface area contributed by atoms with Gasteiger partial charge in [-0.05, 0) is 48.9 Å². The quantitative estimate of drug-likeness (QED) is 0.754. The van der Waals surface area contributed by atoms with Crippen molar-refractivity contribution in [1.29, 1.82) is 0 Å². The maximum Gasteiger partial charge on any atom is 0.207 e. The molecular weight excluding hydrogens is 304 g/mol. The van der Waals surface area contributed by atoms with Crippen LogP contribution in [0.4, 0.5) is 0 Å². The van der Waals surface area contributed by atoms with Crippen LogP contribution in [0, 0.1) is 13.8 Å². The summed E-state index contributed by atoms with van der Waals surface area (Å²) >= 11 is 0. The first-order valence-electron chi connectivity index (χ1n) is 8.10. The molecule has 0 fully saturated rings. The fourth-order valence-corrected chi connectivity index (χ4v) is 4.79. The minimum absolute atomic E-state index is 0.160. The van der Waals surface area contributed by atoms with Crippen molar-refractivity contribution >= 4 is 9.84 Å². The van der Waals surface area contributed by atoms with Gasteiger partial charge in [0.05, 0.1) is 9.79 Å². The van der Waals surface area contributed by atoms with Gasteiger partial charge in [-0.1, -0.05) is 63.1 Å². The number of hydrogen-bond donors (Lipinski definition) is 0. The SMILES string of the molecule is Cc1ccc(S(=O)(=O)c2ccc(C)cc2C(C)C)c(C(C)C)c1. The van der Waals surface area contributed by atoms with Crippen LogP contribution in [0.25, 0.3) is 0 Å². The van der Waals surface area contributed by atoms with Crippen LogP contribution < -0.4 is 0 Å². The Morgan fingerprint density at radius 3 is 1.35 bits per heavy atom. The lowest BCUT2D eigenvalue weighted by molar-refractivity contribution is 0.591. The Morgan fingerprint density at radius 1 is 0.696 bits per heavy atom. The molecule has 0 spiro atoms. The third-order valence-electron chi connectivity index (χ3n) is 4.15. The second-order valence-electron chi connectivity index (χ2n) is 6.90. The van der Waals surface area contributed by atoms with Gasteiger partial charge in [-0.25, -0.2) is 8.42 Å². The number of aryl methyl sites for hydroxylation is 2. The van der Waals surface area contributed by atoms with E-state index in [9.17, 15) is 8.42 Å². The molecule has 0 aliphatic rings. The van der Waals surface area contributed by atoms with E-state index in [1.165, 1.54) is 0 Å². The molecule has 0 radical (unpaired) electrons. The van der Waals surface area contributed by atoms with Gasteiger partial charge in [-0.2, -0.15) is 0 Å². The largest absolute Gasteiger partial charge is 0.218 e. The highest BCUT2D eigenvalue weighted by molar-refractivity contribution is 7.91. The lowest BCUT2D eigenvalue weighted by atomic mass is 10.0. The third kappa shape index (κ3) is 3.50. The molecule has 0 aliphatic heterocycles. The van der Waals surface area contributed by atoms with Crippen LogP contribution in [-0.4, -0.2) is 8.42 Å². The molecule has 2 rings (SSSR count). The van der Waals surface area contributed by atoms with E-state index in [1.807, 2.05) is 65.8 Å². The normalized spacial score (nSPS) is 12.2. The predicted octanol–water partition coefficient (Wildman–Crippen LogP) is 5.38. The number of hydrogen-bond acceptors (Lipinski definition) is 2. The molecular formula is C20H26O2S. The predicted molar refractivity (Wildman–Crippen MR) is 96.0 cm³/mol. The lowest BCUT2D eigenvalue weighted by Gasteiger charge is -2.18. The van der Waals surface area contributed by atoms with Gasteiger partial charge in [0.25, 0.3) is 0 Å². The molecule has 23 heavy (non-hydrogen) atoms. The first-order chi connectivity index (χ1) is 10.6. The van der Waals surface area contributed by atoms with Gasteiger partial charge in [0.1, 0.15) is 0 Å². The summed E-state index contributed by atoms with van der Waals surface area (Å²) in [7, 11) is -3.52. The number of benzene rings is 2.